The zero-order valence-corrected chi connectivity index (χ0v) is 22.0. The van der Waals surface area contributed by atoms with Gasteiger partial charge in [0.2, 0.25) is 5.91 Å². The predicted octanol–water partition coefficient (Wildman–Crippen LogP) is 5.90. The van der Waals surface area contributed by atoms with Gasteiger partial charge in [0.05, 0.1) is 18.0 Å². The minimum Gasteiger partial charge on any atom is -0.491 e. The van der Waals surface area contributed by atoms with Gasteiger partial charge in [-0.1, -0.05) is 63.1 Å². The van der Waals surface area contributed by atoms with Gasteiger partial charge < -0.3 is 14.5 Å². The third kappa shape index (κ3) is 7.58. The van der Waals surface area contributed by atoms with Crippen molar-refractivity contribution in [2.75, 3.05) is 26.2 Å². The van der Waals surface area contributed by atoms with Crippen molar-refractivity contribution in [3.63, 3.8) is 0 Å². The average Bonchev–Trinajstić information content (AvgIpc) is 2.84. The van der Waals surface area contributed by atoms with Gasteiger partial charge in [0.15, 0.2) is 0 Å². The fraction of sp³-hybridized carbons (Fsp3) is 0.533. The maximum absolute atomic E-state index is 13.6. The molecule has 1 heterocycles. The molecule has 2 aromatic carbocycles. The van der Waals surface area contributed by atoms with Crippen molar-refractivity contribution in [2.24, 2.45) is 5.92 Å². The van der Waals surface area contributed by atoms with E-state index in [0.717, 1.165) is 56.3 Å². The standard InChI is InChI=1S/C30H42N2O3/c1-5-31-18-12-6-7-13-19-32(29(33)21-25-15-9-8-14-24(25)4)26(20-23(2)3)22-35-28-17-11-10-16-27(28)30(31)34/h8-11,14-17,23,26H,5-7,12-13,18-22H2,1-4H3/t26-/m0/s1. The third-order valence-corrected chi connectivity index (χ3v) is 6.90. The molecule has 5 heteroatoms. The van der Waals surface area contributed by atoms with Gasteiger partial charge in [0.1, 0.15) is 12.4 Å². The fourth-order valence-corrected chi connectivity index (χ4v) is 4.88. The Morgan fingerprint density at radius 2 is 1.69 bits per heavy atom. The molecule has 0 spiro atoms. The highest BCUT2D eigenvalue weighted by molar-refractivity contribution is 5.97. The number of nitrogens with zero attached hydrogens (tertiary/aromatic N) is 2. The predicted molar refractivity (Wildman–Crippen MR) is 142 cm³/mol. The van der Waals surface area contributed by atoms with Gasteiger partial charge in [-0.05, 0) is 62.3 Å². The highest BCUT2D eigenvalue weighted by atomic mass is 16.5. The van der Waals surface area contributed by atoms with Crippen molar-refractivity contribution in [2.45, 2.75) is 72.3 Å². The summed E-state index contributed by atoms with van der Waals surface area (Å²) in [5.41, 5.74) is 2.83. The zero-order chi connectivity index (χ0) is 25.2. The smallest absolute Gasteiger partial charge is 0.257 e. The van der Waals surface area contributed by atoms with Crippen LogP contribution in [0.4, 0.5) is 0 Å². The topological polar surface area (TPSA) is 49.9 Å². The molecule has 0 N–H and O–H groups in total. The first-order valence-corrected chi connectivity index (χ1v) is 13.3. The molecule has 0 saturated carbocycles. The Morgan fingerprint density at radius 3 is 2.40 bits per heavy atom. The molecule has 35 heavy (non-hydrogen) atoms. The number of hydrogen-bond donors (Lipinski definition) is 0. The van der Waals surface area contributed by atoms with Gasteiger partial charge in [-0.25, -0.2) is 0 Å². The number of ether oxygens (including phenoxy) is 1. The van der Waals surface area contributed by atoms with E-state index in [2.05, 4.69) is 31.7 Å². The second-order valence-electron chi connectivity index (χ2n) is 10.1. The van der Waals surface area contributed by atoms with Crippen LogP contribution in [0.15, 0.2) is 48.5 Å². The summed E-state index contributed by atoms with van der Waals surface area (Å²) in [5.74, 6) is 1.20. The molecule has 0 fully saturated rings. The van der Waals surface area contributed by atoms with E-state index in [0.29, 0.717) is 36.8 Å². The lowest BCUT2D eigenvalue weighted by Crippen LogP contribution is -2.46. The lowest BCUT2D eigenvalue weighted by molar-refractivity contribution is -0.134. The lowest BCUT2D eigenvalue weighted by Gasteiger charge is -2.34. The van der Waals surface area contributed by atoms with Crippen molar-refractivity contribution >= 4 is 11.8 Å². The van der Waals surface area contributed by atoms with Crippen molar-refractivity contribution in [3.05, 3.63) is 65.2 Å². The number of para-hydroxylation sites is 1. The van der Waals surface area contributed by atoms with Crippen molar-refractivity contribution in [1.82, 2.24) is 9.80 Å². The molecule has 0 bridgehead atoms. The van der Waals surface area contributed by atoms with E-state index in [-0.39, 0.29) is 17.9 Å². The molecule has 5 nitrogen and oxygen atoms in total. The molecule has 1 aliphatic heterocycles. The molecular weight excluding hydrogens is 436 g/mol. The summed E-state index contributed by atoms with van der Waals surface area (Å²) < 4.78 is 6.32. The quantitative estimate of drug-likeness (QED) is 0.538. The molecule has 1 atom stereocenters. The number of amides is 2. The van der Waals surface area contributed by atoms with Gasteiger partial charge in [-0.15, -0.1) is 0 Å². The molecule has 0 aromatic heterocycles. The van der Waals surface area contributed by atoms with Crippen molar-refractivity contribution in [1.29, 1.82) is 0 Å². The Hall–Kier alpha value is -2.82. The summed E-state index contributed by atoms with van der Waals surface area (Å²) in [7, 11) is 0. The Bertz CT molecular complexity index is 972. The van der Waals surface area contributed by atoms with Crippen LogP contribution in [0.1, 0.15) is 74.4 Å². The number of rotatable bonds is 5. The molecule has 2 aromatic rings. The van der Waals surface area contributed by atoms with Crippen LogP contribution >= 0.6 is 0 Å². The highest BCUT2D eigenvalue weighted by Crippen LogP contribution is 2.24. The normalized spacial score (nSPS) is 18.1. The molecule has 3 rings (SSSR count). The maximum atomic E-state index is 13.6. The number of carbonyl (C=O) groups excluding carboxylic acids is 2. The number of aryl methyl sites for hydroxylation is 1. The van der Waals surface area contributed by atoms with Crippen molar-refractivity contribution < 1.29 is 14.3 Å². The number of hydrogen-bond acceptors (Lipinski definition) is 3. The van der Waals surface area contributed by atoms with Gasteiger partial charge in [0, 0.05) is 19.6 Å². The van der Waals surface area contributed by atoms with Crippen LogP contribution < -0.4 is 4.74 Å². The minimum atomic E-state index is -0.0418. The SMILES string of the molecule is CCN1CCCCCCN(C(=O)Cc2ccccc2C)[C@@H](CC(C)C)COc2ccccc2C1=O. The minimum absolute atomic E-state index is 0.0213. The molecule has 0 aliphatic carbocycles. The van der Waals surface area contributed by atoms with Gasteiger partial charge >= 0.3 is 0 Å². The molecule has 2 amide bonds. The van der Waals surface area contributed by atoms with Crippen molar-refractivity contribution in [3.8, 4) is 5.75 Å². The van der Waals surface area contributed by atoms with Crippen LogP contribution in [0, 0.1) is 12.8 Å². The van der Waals surface area contributed by atoms with E-state index in [1.165, 1.54) is 0 Å². The van der Waals surface area contributed by atoms with Crippen LogP contribution in [0.3, 0.4) is 0 Å². The van der Waals surface area contributed by atoms with E-state index in [1.54, 1.807) is 0 Å². The third-order valence-electron chi connectivity index (χ3n) is 6.90. The second kappa shape index (κ2) is 13.3. The maximum Gasteiger partial charge on any atom is 0.257 e. The van der Waals surface area contributed by atoms with E-state index < -0.39 is 0 Å². The van der Waals surface area contributed by atoms with Gasteiger partial charge in [0.25, 0.3) is 5.91 Å². The Kier molecular flexibility index (Phi) is 10.2. The number of carbonyl (C=O) groups is 2. The van der Waals surface area contributed by atoms with E-state index in [1.807, 2.05) is 54.3 Å². The summed E-state index contributed by atoms with van der Waals surface area (Å²) in [6, 6.07) is 15.6. The van der Waals surface area contributed by atoms with E-state index >= 15 is 0 Å². The number of benzene rings is 2. The zero-order valence-electron chi connectivity index (χ0n) is 22.0. The summed E-state index contributed by atoms with van der Waals surface area (Å²) >= 11 is 0. The summed E-state index contributed by atoms with van der Waals surface area (Å²) in [6.07, 6.45) is 5.29. The lowest BCUT2D eigenvalue weighted by atomic mass is 10.00. The van der Waals surface area contributed by atoms with Crippen LogP contribution in [0.25, 0.3) is 0 Å². The first-order valence-electron chi connectivity index (χ1n) is 13.3. The Balaban J connectivity index is 1.89. The summed E-state index contributed by atoms with van der Waals surface area (Å²) in [4.78, 5) is 30.9. The molecule has 0 saturated heterocycles. The molecule has 0 radical (unpaired) electrons. The first-order chi connectivity index (χ1) is 16.9. The van der Waals surface area contributed by atoms with E-state index in [9.17, 15) is 9.59 Å². The average molecular weight is 479 g/mol. The van der Waals surface area contributed by atoms with Crippen LogP contribution in [0.2, 0.25) is 0 Å². The van der Waals surface area contributed by atoms with E-state index in [4.69, 9.17) is 4.74 Å². The summed E-state index contributed by atoms with van der Waals surface area (Å²) in [6.45, 7) is 11.0. The molecular formula is C30H42N2O3. The Morgan fingerprint density at radius 1 is 1.00 bits per heavy atom. The van der Waals surface area contributed by atoms with Gasteiger partial charge in [-0.3, -0.25) is 9.59 Å². The largest absolute Gasteiger partial charge is 0.491 e. The Labute approximate surface area is 211 Å². The highest BCUT2D eigenvalue weighted by Gasteiger charge is 2.27. The number of fused-ring (bicyclic) bond motifs is 1. The monoisotopic (exact) mass is 478 g/mol. The van der Waals surface area contributed by atoms with Gasteiger partial charge in [-0.2, -0.15) is 0 Å². The molecule has 190 valence electrons. The first kappa shape index (κ1) is 26.8. The fourth-order valence-electron chi connectivity index (χ4n) is 4.88. The van der Waals surface area contributed by atoms with Crippen LogP contribution in [0.5, 0.6) is 5.75 Å². The second-order valence-corrected chi connectivity index (χ2v) is 10.1. The molecule has 0 unspecified atom stereocenters. The van der Waals surface area contributed by atoms with Crippen LogP contribution in [-0.4, -0.2) is 53.9 Å². The molecule has 1 aliphatic rings. The summed E-state index contributed by atoms with van der Waals surface area (Å²) in [5, 5.41) is 0. The van der Waals surface area contributed by atoms with Crippen LogP contribution in [-0.2, 0) is 11.2 Å².